The summed E-state index contributed by atoms with van der Waals surface area (Å²) >= 11 is 17.5. The number of halogens is 2. The van der Waals surface area contributed by atoms with Gasteiger partial charge in [-0.2, -0.15) is 0 Å². The number of fused-ring (bicyclic) bond motifs is 1. The summed E-state index contributed by atoms with van der Waals surface area (Å²) < 4.78 is 5.73. The number of thiocarbonyl (C=S) groups is 1. The molecule has 0 aromatic heterocycles. The van der Waals surface area contributed by atoms with Gasteiger partial charge in [0.25, 0.3) is 11.8 Å². The van der Waals surface area contributed by atoms with E-state index in [1.165, 1.54) is 11.0 Å². The highest BCUT2D eigenvalue weighted by molar-refractivity contribution is 7.80. The number of ether oxygens (including phenoxy) is 1. The van der Waals surface area contributed by atoms with Crippen LogP contribution in [-0.4, -0.2) is 36.1 Å². The standard InChI is InChI=1S/C27H29Cl2N3O3S/c1-6-9-31-22-13-23(35-5)16(10-18(22)15(2)14-27(31,3)4)11-19-24(33)30-26(36)32(25(19)34)17-7-8-20(28)21(29)12-17/h7-8,10-13,15H,6,9,14H2,1-5H3,(H,30,33,36)/b19-11-. The maximum Gasteiger partial charge on any atom is 0.270 e. The van der Waals surface area contributed by atoms with Crippen molar-refractivity contribution in [1.82, 2.24) is 5.32 Å². The molecule has 1 N–H and O–H groups in total. The van der Waals surface area contributed by atoms with E-state index in [2.05, 4.69) is 37.9 Å². The molecule has 0 saturated carbocycles. The van der Waals surface area contributed by atoms with Gasteiger partial charge in [0.05, 0.1) is 22.8 Å². The van der Waals surface area contributed by atoms with Crippen molar-refractivity contribution in [1.29, 1.82) is 0 Å². The van der Waals surface area contributed by atoms with Crippen molar-refractivity contribution in [2.45, 2.75) is 52.0 Å². The van der Waals surface area contributed by atoms with Crippen LogP contribution in [0.2, 0.25) is 10.0 Å². The van der Waals surface area contributed by atoms with Crippen molar-refractivity contribution in [3.63, 3.8) is 0 Å². The summed E-state index contributed by atoms with van der Waals surface area (Å²) in [5, 5.41) is 3.21. The van der Waals surface area contributed by atoms with E-state index in [4.69, 9.17) is 40.2 Å². The van der Waals surface area contributed by atoms with Crippen LogP contribution >= 0.6 is 35.4 Å². The van der Waals surface area contributed by atoms with Crippen molar-refractivity contribution in [2.75, 3.05) is 23.5 Å². The first-order valence-corrected chi connectivity index (χ1v) is 13.0. The second kappa shape index (κ2) is 10.0. The molecular weight excluding hydrogens is 517 g/mol. The Morgan fingerprint density at radius 2 is 1.92 bits per heavy atom. The Hall–Kier alpha value is -2.61. The highest BCUT2D eigenvalue weighted by Crippen LogP contribution is 2.46. The largest absolute Gasteiger partial charge is 0.496 e. The fourth-order valence-corrected chi connectivity index (χ4v) is 5.71. The molecule has 190 valence electrons. The molecule has 2 aromatic carbocycles. The number of carbonyl (C=O) groups excluding carboxylic acids is 2. The van der Waals surface area contributed by atoms with Crippen LogP contribution in [0.5, 0.6) is 5.75 Å². The maximum atomic E-state index is 13.5. The molecule has 0 aliphatic carbocycles. The van der Waals surface area contributed by atoms with E-state index in [0.717, 1.165) is 30.6 Å². The van der Waals surface area contributed by atoms with Crippen LogP contribution < -0.4 is 19.9 Å². The predicted octanol–water partition coefficient (Wildman–Crippen LogP) is 6.34. The molecule has 1 fully saturated rings. The van der Waals surface area contributed by atoms with Crippen LogP contribution in [0.25, 0.3) is 6.08 Å². The average Bonchev–Trinajstić information content (AvgIpc) is 2.81. The molecule has 2 aliphatic rings. The lowest BCUT2D eigenvalue weighted by Crippen LogP contribution is -2.54. The second-order valence-corrected chi connectivity index (χ2v) is 11.0. The highest BCUT2D eigenvalue weighted by Gasteiger charge is 2.38. The number of anilines is 2. The number of hydrogen-bond donors (Lipinski definition) is 1. The quantitative estimate of drug-likeness (QED) is 0.270. The number of amides is 2. The summed E-state index contributed by atoms with van der Waals surface area (Å²) in [6.07, 6.45) is 3.57. The lowest BCUT2D eigenvalue weighted by Gasteiger charge is -2.48. The van der Waals surface area contributed by atoms with Crippen LogP contribution in [-0.2, 0) is 9.59 Å². The van der Waals surface area contributed by atoms with E-state index in [-0.39, 0.29) is 21.2 Å². The Morgan fingerprint density at radius 1 is 1.19 bits per heavy atom. The number of hydrogen-bond acceptors (Lipinski definition) is 5. The summed E-state index contributed by atoms with van der Waals surface area (Å²) in [6.45, 7) is 9.82. The van der Waals surface area contributed by atoms with Crippen LogP contribution in [0, 0.1) is 0 Å². The molecule has 0 bridgehead atoms. The molecule has 2 aliphatic heterocycles. The van der Waals surface area contributed by atoms with Crippen molar-refractivity contribution >= 4 is 69.8 Å². The van der Waals surface area contributed by atoms with Crippen LogP contribution in [0.4, 0.5) is 11.4 Å². The van der Waals surface area contributed by atoms with E-state index < -0.39 is 11.8 Å². The number of methoxy groups -OCH3 is 1. The van der Waals surface area contributed by atoms with Gasteiger partial charge in [-0.3, -0.25) is 19.8 Å². The molecule has 2 heterocycles. The maximum absolute atomic E-state index is 13.5. The van der Waals surface area contributed by atoms with Gasteiger partial charge in [0, 0.05) is 29.4 Å². The molecule has 36 heavy (non-hydrogen) atoms. The monoisotopic (exact) mass is 545 g/mol. The van der Waals surface area contributed by atoms with Gasteiger partial charge in [0.1, 0.15) is 11.3 Å². The Labute approximate surface area is 227 Å². The van der Waals surface area contributed by atoms with E-state index in [1.54, 1.807) is 25.3 Å². The van der Waals surface area contributed by atoms with Crippen LogP contribution in [0.3, 0.4) is 0 Å². The van der Waals surface area contributed by atoms with Gasteiger partial charge < -0.3 is 9.64 Å². The summed E-state index contributed by atoms with van der Waals surface area (Å²) in [5.74, 6) is -0.240. The molecule has 0 radical (unpaired) electrons. The van der Waals surface area contributed by atoms with Gasteiger partial charge in [0.15, 0.2) is 5.11 Å². The minimum Gasteiger partial charge on any atom is -0.496 e. The lowest BCUT2D eigenvalue weighted by molar-refractivity contribution is -0.122. The number of nitrogens with one attached hydrogen (secondary N) is 1. The minimum absolute atomic E-state index is 0.00267. The van der Waals surface area contributed by atoms with Gasteiger partial charge >= 0.3 is 0 Å². The number of benzene rings is 2. The highest BCUT2D eigenvalue weighted by atomic mass is 35.5. The Morgan fingerprint density at radius 3 is 2.56 bits per heavy atom. The van der Waals surface area contributed by atoms with Crippen LogP contribution in [0.1, 0.15) is 57.6 Å². The van der Waals surface area contributed by atoms with Gasteiger partial charge in [0.2, 0.25) is 0 Å². The van der Waals surface area contributed by atoms with Crippen molar-refractivity contribution < 1.29 is 14.3 Å². The average molecular weight is 547 g/mol. The molecule has 1 saturated heterocycles. The summed E-state index contributed by atoms with van der Waals surface area (Å²) in [5.41, 5.74) is 3.30. The zero-order valence-electron chi connectivity index (χ0n) is 20.9. The summed E-state index contributed by atoms with van der Waals surface area (Å²) in [7, 11) is 1.59. The van der Waals surface area contributed by atoms with E-state index >= 15 is 0 Å². The molecule has 1 atom stereocenters. The first kappa shape index (κ1) is 26.5. The molecule has 0 spiro atoms. The molecule has 4 rings (SSSR count). The topological polar surface area (TPSA) is 61.9 Å². The first-order chi connectivity index (χ1) is 17.0. The van der Waals surface area contributed by atoms with Gasteiger partial charge in [-0.15, -0.1) is 0 Å². The third-order valence-electron chi connectivity index (χ3n) is 6.75. The Kier molecular flexibility index (Phi) is 7.37. The Bertz CT molecular complexity index is 1290. The number of nitrogens with zero attached hydrogens (tertiary/aromatic N) is 2. The third kappa shape index (κ3) is 4.72. The third-order valence-corrected chi connectivity index (χ3v) is 7.77. The summed E-state index contributed by atoms with van der Waals surface area (Å²) in [4.78, 5) is 30.0. The van der Waals surface area contributed by atoms with Crippen molar-refractivity contribution in [3.8, 4) is 5.75 Å². The normalized spacial score (nSPS) is 20.5. The number of rotatable bonds is 5. The minimum atomic E-state index is -0.567. The van der Waals surface area contributed by atoms with Gasteiger partial charge in [-0.25, -0.2) is 0 Å². The van der Waals surface area contributed by atoms with E-state index in [1.807, 2.05) is 12.1 Å². The Balaban J connectivity index is 1.81. The van der Waals surface area contributed by atoms with Crippen molar-refractivity contribution in [2.24, 2.45) is 0 Å². The molecule has 1 unspecified atom stereocenters. The van der Waals surface area contributed by atoms with E-state index in [9.17, 15) is 9.59 Å². The second-order valence-electron chi connectivity index (χ2n) is 9.78. The molecule has 2 aromatic rings. The van der Waals surface area contributed by atoms with E-state index in [0.29, 0.717) is 27.9 Å². The lowest BCUT2D eigenvalue weighted by atomic mass is 9.79. The zero-order valence-corrected chi connectivity index (χ0v) is 23.3. The molecule has 6 nitrogen and oxygen atoms in total. The zero-order chi connectivity index (χ0) is 26.4. The fourth-order valence-electron chi connectivity index (χ4n) is 5.14. The van der Waals surface area contributed by atoms with Gasteiger partial charge in [-0.1, -0.05) is 37.0 Å². The predicted molar refractivity (Wildman–Crippen MR) is 150 cm³/mol. The molecule has 2 amide bonds. The first-order valence-electron chi connectivity index (χ1n) is 11.8. The summed E-state index contributed by atoms with van der Waals surface area (Å²) in [6, 6.07) is 8.78. The van der Waals surface area contributed by atoms with Crippen molar-refractivity contribution in [3.05, 3.63) is 57.1 Å². The smallest absolute Gasteiger partial charge is 0.270 e. The molecule has 9 heteroatoms. The SMILES string of the molecule is CCCN1c2cc(OC)c(/C=C3/C(=O)NC(=S)N(c4ccc(Cl)c(Cl)c4)C3=O)cc2C(C)CC1(C)C. The fraction of sp³-hybridized carbons (Fsp3) is 0.370. The van der Waals surface area contributed by atoms with Crippen LogP contribution in [0.15, 0.2) is 35.9 Å². The number of carbonyl (C=O) groups is 2. The van der Waals surface area contributed by atoms with Gasteiger partial charge in [-0.05, 0) is 80.7 Å². The molecular formula is C27H29Cl2N3O3S.